The Bertz CT molecular complexity index is 1080. The van der Waals surface area contributed by atoms with Crippen molar-refractivity contribution < 1.29 is 13.2 Å². The van der Waals surface area contributed by atoms with Gasteiger partial charge in [0.1, 0.15) is 0 Å². The van der Waals surface area contributed by atoms with Crippen LogP contribution in [0.2, 0.25) is 0 Å². The Morgan fingerprint density at radius 1 is 1.10 bits per heavy atom. The number of aromatic nitrogens is 2. The van der Waals surface area contributed by atoms with Gasteiger partial charge in [-0.25, -0.2) is 23.1 Å². The Balaban J connectivity index is 1.71. The molecule has 2 aromatic heterocycles. The highest BCUT2D eigenvalue weighted by Gasteiger charge is 2.17. The van der Waals surface area contributed by atoms with Crippen molar-refractivity contribution in [2.45, 2.75) is 38.0 Å². The molecule has 0 saturated carbocycles. The van der Waals surface area contributed by atoms with Gasteiger partial charge in [0.25, 0.3) is 15.9 Å². The molecule has 29 heavy (non-hydrogen) atoms. The van der Waals surface area contributed by atoms with Crippen molar-refractivity contribution in [2.75, 3.05) is 10.0 Å². The van der Waals surface area contributed by atoms with E-state index in [0.29, 0.717) is 10.6 Å². The number of rotatable bonds is 8. The quantitative estimate of drug-likeness (QED) is 0.560. The van der Waals surface area contributed by atoms with Gasteiger partial charge in [-0.3, -0.25) is 4.79 Å². The molecular weight excluding hydrogens is 408 g/mol. The van der Waals surface area contributed by atoms with Crippen molar-refractivity contribution in [3.63, 3.8) is 0 Å². The average molecular weight is 431 g/mol. The van der Waals surface area contributed by atoms with Crippen molar-refractivity contribution in [1.29, 1.82) is 0 Å². The van der Waals surface area contributed by atoms with Crippen molar-refractivity contribution in [3.8, 4) is 0 Å². The Morgan fingerprint density at radius 2 is 1.79 bits per heavy atom. The third kappa shape index (κ3) is 5.18. The molecule has 1 amide bonds. The van der Waals surface area contributed by atoms with Gasteiger partial charge in [-0.1, -0.05) is 20.3 Å². The first kappa shape index (κ1) is 20.9. The van der Waals surface area contributed by atoms with E-state index >= 15 is 0 Å². The van der Waals surface area contributed by atoms with E-state index in [1.165, 1.54) is 46.3 Å². The molecule has 0 atom stereocenters. The normalized spacial score (nSPS) is 11.2. The first-order chi connectivity index (χ1) is 13.9. The fourth-order valence-corrected chi connectivity index (χ4v) is 4.97. The molecule has 0 aliphatic carbocycles. The number of amides is 1. The van der Waals surface area contributed by atoms with Crippen LogP contribution in [0.1, 0.15) is 40.4 Å². The minimum atomic E-state index is -3.81. The first-order valence-corrected chi connectivity index (χ1v) is 11.6. The molecule has 0 bridgehead atoms. The van der Waals surface area contributed by atoms with Gasteiger partial charge in [0.05, 0.1) is 9.77 Å². The summed E-state index contributed by atoms with van der Waals surface area (Å²) in [6, 6.07) is 9.49. The fraction of sp³-hybridized carbons (Fsp3) is 0.250. The van der Waals surface area contributed by atoms with E-state index in [-0.39, 0.29) is 16.8 Å². The van der Waals surface area contributed by atoms with Gasteiger partial charge >= 0.3 is 0 Å². The molecule has 1 aromatic carbocycles. The summed E-state index contributed by atoms with van der Waals surface area (Å²) in [4.78, 5) is 22.2. The van der Waals surface area contributed by atoms with E-state index in [4.69, 9.17) is 0 Å². The van der Waals surface area contributed by atoms with E-state index in [2.05, 4.69) is 33.9 Å². The zero-order valence-electron chi connectivity index (χ0n) is 16.2. The lowest BCUT2D eigenvalue weighted by atomic mass is 10.1. The van der Waals surface area contributed by atoms with Crippen LogP contribution < -0.4 is 10.0 Å². The molecule has 2 N–H and O–H groups in total. The first-order valence-electron chi connectivity index (χ1n) is 9.25. The second-order valence-corrected chi connectivity index (χ2v) is 9.14. The summed E-state index contributed by atoms with van der Waals surface area (Å²) < 4.78 is 27.1. The van der Waals surface area contributed by atoms with Gasteiger partial charge in [-0.05, 0) is 54.8 Å². The molecule has 0 aliphatic rings. The van der Waals surface area contributed by atoms with Crippen LogP contribution in [-0.4, -0.2) is 24.3 Å². The number of benzene rings is 1. The molecule has 0 spiro atoms. The largest absolute Gasteiger partial charge is 0.321 e. The second kappa shape index (κ2) is 9.15. The molecule has 2 heterocycles. The summed E-state index contributed by atoms with van der Waals surface area (Å²) in [5.41, 5.74) is 1.73. The van der Waals surface area contributed by atoms with Crippen molar-refractivity contribution >= 4 is 38.9 Å². The van der Waals surface area contributed by atoms with E-state index in [0.717, 1.165) is 19.3 Å². The van der Waals surface area contributed by atoms with Crippen molar-refractivity contribution in [2.24, 2.45) is 0 Å². The number of anilines is 2. The molecule has 152 valence electrons. The maximum atomic E-state index is 12.6. The van der Waals surface area contributed by atoms with Crippen LogP contribution in [-0.2, 0) is 22.9 Å². The summed E-state index contributed by atoms with van der Waals surface area (Å²) in [6.45, 7) is 4.20. The molecule has 0 fully saturated rings. The van der Waals surface area contributed by atoms with Crippen molar-refractivity contribution in [3.05, 3.63) is 64.1 Å². The summed E-state index contributed by atoms with van der Waals surface area (Å²) in [5, 5.41) is 2.82. The Hall–Kier alpha value is -2.78. The summed E-state index contributed by atoms with van der Waals surface area (Å²) in [7, 11) is -3.81. The predicted octanol–water partition coefficient (Wildman–Crippen LogP) is 4.11. The predicted molar refractivity (Wildman–Crippen MR) is 115 cm³/mol. The number of aryl methyl sites for hydroxylation is 2. The topological polar surface area (TPSA) is 101 Å². The number of carbonyl (C=O) groups excluding carboxylic acids is 1. The smallest absolute Gasteiger partial charge is 0.265 e. The lowest BCUT2D eigenvalue weighted by Gasteiger charge is -2.08. The van der Waals surface area contributed by atoms with Crippen LogP contribution in [0.4, 0.5) is 11.6 Å². The summed E-state index contributed by atoms with van der Waals surface area (Å²) >= 11 is 1.51. The van der Waals surface area contributed by atoms with Crippen LogP contribution in [0.5, 0.6) is 0 Å². The Kier molecular flexibility index (Phi) is 6.60. The lowest BCUT2D eigenvalue weighted by Crippen LogP contribution is -2.15. The molecule has 3 rings (SSSR count). The number of nitrogens with zero attached hydrogens (tertiary/aromatic N) is 2. The highest BCUT2D eigenvalue weighted by atomic mass is 32.2. The molecule has 0 radical (unpaired) electrons. The fourth-order valence-electron chi connectivity index (χ4n) is 2.76. The number of carbonyl (C=O) groups is 1. The number of nitrogens with one attached hydrogen (secondary N) is 2. The van der Waals surface area contributed by atoms with Gasteiger partial charge in [-0.15, -0.1) is 11.3 Å². The molecule has 9 heteroatoms. The van der Waals surface area contributed by atoms with Gasteiger partial charge in [0, 0.05) is 23.0 Å². The van der Waals surface area contributed by atoms with Crippen LogP contribution >= 0.6 is 11.3 Å². The highest BCUT2D eigenvalue weighted by molar-refractivity contribution is 7.92. The maximum Gasteiger partial charge on any atom is 0.265 e. The molecule has 0 aliphatic heterocycles. The standard InChI is InChI=1S/C20H22N4O3S2/c1-3-6-17-14(4-2)13-18(28-17)19(25)23-15-7-9-16(10-8-15)29(26,27)24-20-21-11-5-12-22-20/h5,7-13H,3-4,6H2,1-2H3,(H,23,25)(H,21,22,24). The SMILES string of the molecule is CCCc1sc(C(=O)Nc2ccc(S(=O)(=O)Nc3ncccn3)cc2)cc1CC. The second-order valence-electron chi connectivity index (χ2n) is 6.32. The average Bonchev–Trinajstić information content (AvgIpc) is 3.12. The van der Waals surface area contributed by atoms with E-state index in [1.54, 1.807) is 18.2 Å². The van der Waals surface area contributed by atoms with Gasteiger partial charge in [0.15, 0.2) is 0 Å². The van der Waals surface area contributed by atoms with Gasteiger partial charge in [-0.2, -0.15) is 0 Å². The lowest BCUT2D eigenvalue weighted by molar-refractivity contribution is 0.103. The molecule has 0 unspecified atom stereocenters. The van der Waals surface area contributed by atoms with Crippen LogP contribution in [0.15, 0.2) is 53.7 Å². The minimum Gasteiger partial charge on any atom is -0.321 e. The molecule has 3 aromatic rings. The highest BCUT2D eigenvalue weighted by Crippen LogP contribution is 2.26. The monoisotopic (exact) mass is 430 g/mol. The van der Waals surface area contributed by atoms with E-state index < -0.39 is 10.0 Å². The molecule has 7 nitrogen and oxygen atoms in total. The third-order valence-electron chi connectivity index (χ3n) is 4.19. The third-order valence-corrected chi connectivity index (χ3v) is 6.77. The summed E-state index contributed by atoms with van der Waals surface area (Å²) in [6.07, 6.45) is 5.79. The van der Waals surface area contributed by atoms with Gasteiger partial charge < -0.3 is 5.32 Å². The number of sulfonamides is 1. The molecular formula is C20H22N4O3S2. The van der Waals surface area contributed by atoms with Crippen molar-refractivity contribution in [1.82, 2.24) is 9.97 Å². The zero-order valence-corrected chi connectivity index (χ0v) is 17.8. The summed E-state index contributed by atoms with van der Waals surface area (Å²) in [5.74, 6) is -0.198. The van der Waals surface area contributed by atoms with Crippen LogP contribution in [0.25, 0.3) is 0 Å². The number of thiophene rings is 1. The number of hydrogen-bond acceptors (Lipinski definition) is 6. The van der Waals surface area contributed by atoms with Gasteiger partial charge in [0.2, 0.25) is 5.95 Å². The Morgan fingerprint density at radius 3 is 2.41 bits per heavy atom. The molecule has 0 saturated heterocycles. The van der Waals surface area contributed by atoms with E-state index in [9.17, 15) is 13.2 Å². The van der Waals surface area contributed by atoms with E-state index in [1.807, 2.05) is 6.07 Å². The number of hydrogen-bond donors (Lipinski definition) is 2. The van der Waals surface area contributed by atoms with Crippen LogP contribution in [0.3, 0.4) is 0 Å². The Labute approximate surface area is 174 Å². The maximum absolute atomic E-state index is 12.6. The van der Waals surface area contributed by atoms with Crippen LogP contribution in [0, 0.1) is 0 Å². The zero-order chi connectivity index (χ0) is 20.9. The minimum absolute atomic E-state index is 0.00261.